The maximum atomic E-state index is 15.3. The second kappa shape index (κ2) is 7.07. The minimum Gasteiger partial charge on any atom is -0.458 e. The zero-order valence-electron chi connectivity index (χ0n) is 17.5. The number of carbonyl (C=O) groups is 2. The molecular formula is C23H35FO4. The molecule has 0 aliphatic heterocycles. The number of aliphatic hydroxyl groups excluding tert-OH is 1. The highest BCUT2D eigenvalue weighted by atomic mass is 19.1. The zero-order valence-corrected chi connectivity index (χ0v) is 17.5. The summed E-state index contributed by atoms with van der Waals surface area (Å²) in [5, 5.41) is 10.1. The van der Waals surface area contributed by atoms with Crippen LogP contribution in [0.15, 0.2) is 0 Å². The summed E-state index contributed by atoms with van der Waals surface area (Å²) >= 11 is 0. The van der Waals surface area contributed by atoms with E-state index >= 15 is 4.39 Å². The SMILES string of the molecule is CC(=O)OCC(=O)[C@H]1CC[C@H]2[C@@H]3C[C@@H](F)[C@@H]4C[C@H](O)CC[C@]4(C)[C@H]3CC[C@]12C. The van der Waals surface area contributed by atoms with Gasteiger partial charge in [0.2, 0.25) is 0 Å². The molecule has 0 saturated heterocycles. The van der Waals surface area contributed by atoms with E-state index < -0.39 is 12.1 Å². The maximum Gasteiger partial charge on any atom is 0.303 e. The van der Waals surface area contributed by atoms with Crippen molar-refractivity contribution in [3.63, 3.8) is 0 Å². The van der Waals surface area contributed by atoms with Crippen molar-refractivity contribution in [3.8, 4) is 0 Å². The first-order chi connectivity index (χ1) is 13.2. The minimum absolute atomic E-state index is 0.0235. The number of alkyl halides is 1. The van der Waals surface area contributed by atoms with Crippen LogP contribution in [0, 0.1) is 40.4 Å². The molecule has 158 valence electrons. The largest absolute Gasteiger partial charge is 0.458 e. The Labute approximate surface area is 167 Å². The lowest BCUT2D eigenvalue weighted by Gasteiger charge is -2.61. The van der Waals surface area contributed by atoms with Gasteiger partial charge in [-0.1, -0.05) is 13.8 Å². The van der Waals surface area contributed by atoms with Crippen molar-refractivity contribution < 1.29 is 23.8 Å². The van der Waals surface area contributed by atoms with Gasteiger partial charge in [0.25, 0.3) is 0 Å². The number of fused-ring (bicyclic) bond motifs is 5. The van der Waals surface area contributed by atoms with E-state index in [0.717, 1.165) is 38.5 Å². The molecule has 0 aromatic rings. The van der Waals surface area contributed by atoms with E-state index in [1.165, 1.54) is 6.92 Å². The Bertz CT molecular complexity index is 651. The summed E-state index contributed by atoms with van der Waals surface area (Å²) in [6.45, 7) is 5.70. The monoisotopic (exact) mass is 394 g/mol. The van der Waals surface area contributed by atoms with Crippen molar-refractivity contribution in [2.24, 2.45) is 40.4 Å². The van der Waals surface area contributed by atoms with Gasteiger partial charge in [0, 0.05) is 12.8 Å². The average molecular weight is 395 g/mol. The van der Waals surface area contributed by atoms with Crippen LogP contribution < -0.4 is 0 Å². The molecule has 9 atom stereocenters. The van der Waals surface area contributed by atoms with E-state index in [2.05, 4.69) is 13.8 Å². The van der Waals surface area contributed by atoms with Gasteiger partial charge in [0.15, 0.2) is 5.78 Å². The van der Waals surface area contributed by atoms with Crippen molar-refractivity contribution in [2.75, 3.05) is 6.61 Å². The molecule has 4 rings (SSSR count). The van der Waals surface area contributed by atoms with Gasteiger partial charge in [-0.2, -0.15) is 0 Å². The lowest BCUT2D eigenvalue weighted by molar-refractivity contribution is -0.160. The number of aliphatic hydroxyl groups is 1. The fraction of sp³-hybridized carbons (Fsp3) is 0.913. The van der Waals surface area contributed by atoms with Gasteiger partial charge in [-0.25, -0.2) is 4.39 Å². The van der Waals surface area contributed by atoms with E-state index in [1.807, 2.05) is 0 Å². The van der Waals surface area contributed by atoms with Crippen LogP contribution in [0.25, 0.3) is 0 Å². The Morgan fingerprint density at radius 3 is 2.39 bits per heavy atom. The molecule has 0 unspecified atom stereocenters. The first-order valence-corrected chi connectivity index (χ1v) is 11.1. The Balaban J connectivity index is 1.55. The summed E-state index contributed by atoms with van der Waals surface area (Å²) in [6, 6.07) is 0. The Kier molecular flexibility index (Phi) is 5.13. The molecule has 0 amide bonds. The van der Waals surface area contributed by atoms with Crippen molar-refractivity contribution in [1.82, 2.24) is 0 Å². The van der Waals surface area contributed by atoms with Gasteiger partial charge < -0.3 is 9.84 Å². The molecule has 4 nitrogen and oxygen atoms in total. The van der Waals surface area contributed by atoms with Crippen LogP contribution in [0.4, 0.5) is 4.39 Å². The summed E-state index contributed by atoms with van der Waals surface area (Å²) in [5.74, 6) is 0.729. The van der Waals surface area contributed by atoms with Crippen LogP contribution in [0.5, 0.6) is 0 Å². The summed E-state index contributed by atoms with van der Waals surface area (Å²) in [7, 11) is 0. The summed E-state index contributed by atoms with van der Waals surface area (Å²) < 4.78 is 20.3. The third kappa shape index (κ3) is 3.03. The van der Waals surface area contributed by atoms with E-state index in [1.54, 1.807) is 0 Å². The number of carbonyl (C=O) groups excluding carboxylic acids is 2. The molecule has 0 spiro atoms. The van der Waals surface area contributed by atoms with Crippen LogP contribution in [-0.4, -0.2) is 35.7 Å². The van der Waals surface area contributed by atoms with E-state index in [4.69, 9.17) is 4.74 Å². The zero-order chi connectivity index (χ0) is 20.3. The van der Waals surface area contributed by atoms with Crippen molar-refractivity contribution in [1.29, 1.82) is 0 Å². The minimum atomic E-state index is -0.848. The number of Topliss-reactive ketones (excluding diaryl/α,β-unsaturated/α-hetero) is 1. The highest BCUT2D eigenvalue weighted by molar-refractivity contribution is 5.85. The summed E-state index contributed by atoms with van der Waals surface area (Å²) in [4.78, 5) is 23.9. The number of ether oxygens (including phenoxy) is 1. The number of rotatable bonds is 3. The number of esters is 1. The Hall–Kier alpha value is -0.970. The number of ketones is 1. The molecule has 0 heterocycles. The second-order valence-electron chi connectivity index (χ2n) is 10.6. The molecule has 4 aliphatic carbocycles. The van der Waals surface area contributed by atoms with Gasteiger partial charge in [0.1, 0.15) is 12.8 Å². The average Bonchev–Trinajstić information content (AvgIpc) is 2.99. The van der Waals surface area contributed by atoms with Crippen LogP contribution in [0.3, 0.4) is 0 Å². The first kappa shape index (κ1) is 20.3. The predicted octanol–water partition coefficient (Wildman–Crippen LogP) is 4.09. The molecule has 0 bridgehead atoms. The Morgan fingerprint density at radius 2 is 1.68 bits per heavy atom. The predicted molar refractivity (Wildman–Crippen MR) is 103 cm³/mol. The van der Waals surface area contributed by atoms with Crippen LogP contribution >= 0.6 is 0 Å². The highest BCUT2D eigenvalue weighted by Gasteiger charge is 2.63. The Morgan fingerprint density at radius 1 is 1.00 bits per heavy atom. The molecule has 5 heteroatoms. The molecule has 4 aliphatic rings. The van der Waals surface area contributed by atoms with Crippen LogP contribution in [-0.2, 0) is 14.3 Å². The molecule has 4 saturated carbocycles. The van der Waals surface area contributed by atoms with Crippen LogP contribution in [0.2, 0.25) is 0 Å². The second-order valence-corrected chi connectivity index (χ2v) is 10.6. The molecule has 0 radical (unpaired) electrons. The highest BCUT2D eigenvalue weighted by Crippen LogP contribution is 2.67. The molecular weight excluding hydrogens is 359 g/mol. The van der Waals surface area contributed by atoms with E-state index in [0.29, 0.717) is 30.6 Å². The van der Waals surface area contributed by atoms with Gasteiger partial charge in [-0.05, 0) is 85.9 Å². The fourth-order valence-corrected chi connectivity index (χ4v) is 8.03. The lowest BCUT2D eigenvalue weighted by Crippen LogP contribution is -2.57. The third-order valence-corrected chi connectivity index (χ3v) is 9.41. The smallest absolute Gasteiger partial charge is 0.303 e. The topological polar surface area (TPSA) is 63.6 Å². The summed E-state index contributed by atoms with van der Waals surface area (Å²) in [6.07, 6.45) is 5.55. The molecule has 4 fully saturated rings. The number of halogens is 1. The van der Waals surface area contributed by atoms with Crippen molar-refractivity contribution >= 4 is 11.8 Å². The van der Waals surface area contributed by atoms with Gasteiger partial charge in [0.05, 0.1) is 6.10 Å². The molecule has 0 aromatic carbocycles. The van der Waals surface area contributed by atoms with Gasteiger partial charge in [-0.15, -0.1) is 0 Å². The standard InChI is InChI=1S/C23H35FO4/c1-13(25)28-12-21(27)18-5-4-16-15-11-20(24)19-10-14(26)6-8-23(19,3)17(15)7-9-22(16,18)2/h14-20,26H,4-12H2,1-3H3/t14-,15+,16+,17+,18-,19+,20-,22+,23-/m1/s1. The number of hydrogen-bond acceptors (Lipinski definition) is 4. The van der Waals surface area contributed by atoms with Gasteiger partial charge in [-0.3, -0.25) is 9.59 Å². The van der Waals surface area contributed by atoms with Gasteiger partial charge >= 0.3 is 5.97 Å². The van der Waals surface area contributed by atoms with E-state index in [9.17, 15) is 14.7 Å². The lowest BCUT2D eigenvalue weighted by atomic mass is 9.44. The van der Waals surface area contributed by atoms with Crippen LogP contribution in [0.1, 0.15) is 72.1 Å². The third-order valence-electron chi connectivity index (χ3n) is 9.41. The van der Waals surface area contributed by atoms with Crippen molar-refractivity contribution in [3.05, 3.63) is 0 Å². The van der Waals surface area contributed by atoms with Crippen molar-refractivity contribution in [2.45, 2.75) is 84.4 Å². The van der Waals surface area contributed by atoms with E-state index in [-0.39, 0.29) is 41.2 Å². The normalized spacial score (nSPS) is 50.2. The molecule has 1 N–H and O–H groups in total. The molecule has 28 heavy (non-hydrogen) atoms. The first-order valence-electron chi connectivity index (χ1n) is 11.1. The number of hydrogen-bond donors (Lipinski definition) is 1. The fourth-order valence-electron chi connectivity index (χ4n) is 8.03. The molecule has 0 aromatic heterocycles. The maximum absolute atomic E-state index is 15.3. The summed E-state index contributed by atoms with van der Waals surface area (Å²) in [5.41, 5.74) is -0.127. The quantitative estimate of drug-likeness (QED) is 0.733.